The molecule has 0 atom stereocenters. The van der Waals surface area contributed by atoms with E-state index in [0.717, 1.165) is 6.42 Å². The summed E-state index contributed by atoms with van der Waals surface area (Å²) in [6, 6.07) is 0. The number of allylic oxidation sites excluding steroid dienone is 7. The molecule has 0 nitrogen and oxygen atoms in total. The maximum absolute atomic E-state index is 3.65. The predicted molar refractivity (Wildman–Crippen MR) is 71.0 cm³/mol. The van der Waals surface area contributed by atoms with Crippen LogP contribution in [-0.4, -0.2) is 0 Å². The number of rotatable bonds is 9. The molecule has 0 radical (unpaired) electrons. The molecule has 0 aromatic rings. The highest BCUT2D eigenvalue weighted by Gasteiger charge is 1.82. The van der Waals surface area contributed by atoms with Gasteiger partial charge in [-0.15, -0.1) is 6.58 Å². The maximum Gasteiger partial charge on any atom is -0.0169 e. The van der Waals surface area contributed by atoms with Crippen LogP contribution in [0.4, 0.5) is 0 Å². The first kappa shape index (κ1) is 14.0. The minimum Gasteiger partial charge on any atom is -0.103 e. The largest absolute Gasteiger partial charge is 0.103 e. The van der Waals surface area contributed by atoms with Crippen molar-refractivity contribution >= 4 is 0 Å². The molecule has 0 unspecified atom stereocenters. The highest BCUT2D eigenvalue weighted by atomic mass is 13.9. The standard InChI is InChI=1S/C15H24/c1-3-5-7-9-11-13-15-14-12-10-8-6-4-2/h3,7,9,11,13-15H,1,4-6,8,10,12H2,2H3. The summed E-state index contributed by atoms with van der Waals surface area (Å²) < 4.78 is 0. The molecule has 0 saturated carbocycles. The summed E-state index contributed by atoms with van der Waals surface area (Å²) in [5, 5.41) is 0. The summed E-state index contributed by atoms with van der Waals surface area (Å²) in [5.74, 6) is 0. The Bertz CT molecular complexity index is 206. The molecule has 84 valence electrons. The molecule has 0 heteroatoms. The van der Waals surface area contributed by atoms with Crippen LogP contribution in [-0.2, 0) is 0 Å². The summed E-state index contributed by atoms with van der Waals surface area (Å²) in [7, 11) is 0. The van der Waals surface area contributed by atoms with Crippen molar-refractivity contribution < 1.29 is 0 Å². The summed E-state index contributed by atoms with van der Waals surface area (Å²) >= 11 is 0. The molecule has 0 aromatic heterocycles. The normalized spacial score (nSPS) is 12.1. The molecule has 0 bridgehead atoms. The van der Waals surface area contributed by atoms with Gasteiger partial charge in [0.15, 0.2) is 0 Å². The third-order valence-corrected chi connectivity index (χ3v) is 2.13. The van der Waals surface area contributed by atoms with Crippen LogP contribution in [0, 0.1) is 0 Å². The topological polar surface area (TPSA) is 0 Å². The van der Waals surface area contributed by atoms with Crippen molar-refractivity contribution in [1.82, 2.24) is 0 Å². The fraction of sp³-hybridized carbons (Fsp3) is 0.467. The highest BCUT2D eigenvalue weighted by molar-refractivity contribution is 5.11. The summed E-state index contributed by atoms with van der Waals surface area (Å²) in [5.41, 5.74) is 0. The Balaban J connectivity index is 3.32. The molecule has 0 saturated heterocycles. The van der Waals surface area contributed by atoms with Gasteiger partial charge in [-0.25, -0.2) is 0 Å². The smallest absolute Gasteiger partial charge is 0.0169 e. The van der Waals surface area contributed by atoms with Gasteiger partial charge in [-0.1, -0.05) is 68.7 Å². The molecule has 0 aliphatic rings. The second kappa shape index (κ2) is 13.0. The molecule has 0 rings (SSSR count). The first-order valence-corrected chi connectivity index (χ1v) is 6.01. The second-order valence-electron chi connectivity index (χ2n) is 3.61. The van der Waals surface area contributed by atoms with Crippen LogP contribution in [0.5, 0.6) is 0 Å². The van der Waals surface area contributed by atoms with E-state index in [1.807, 2.05) is 6.08 Å². The predicted octanol–water partition coefficient (Wildman–Crippen LogP) is 5.20. The number of hydrogen-bond acceptors (Lipinski definition) is 0. The van der Waals surface area contributed by atoms with Crippen molar-refractivity contribution in [3.8, 4) is 0 Å². The van der Waals surface area contributed by atoms with Crippen LogP contribution in [0.2, 0.25) is 0 Å². The van der Waals surface area contributed by atoms with Gasteiger partial charge in [0.25, 0.3) is 0 Å². The van der Waals surface area contributed by atoms with Crippen molar-refractivity contribution in [1.29, 1.82) is 0 Å². The lowest BCUT2D eigenvalue weighted by Crippen LogP contribution is -1.72. The van der Waals surface area contributed by atoms with E-state index in [0.29, 0.717) is 0 Å². The Morgan fingerprint density at radius 1 is 0.867 bits per heavy atom. The van der Waals surface area contributed by atoms with E-state index in [2.05, 4.69) is 50.0 Å². The van der Waals surface area contributed by atoms with E-state index < -0.39 is 0 Å². The molecule has 15 heavy (non-hydrogen) atoms. The molecule has 0 spiro atoms. The lowest BCUT2D eigenvalue weighted by Gasteiger charge is -1.92. The first-order valence-electron chi connectivity index (χ1n) is 6.01. The molecule has 0 aliphatic carbocycles. The van der Waals surface area contributed by atoms with Gasteiger partial charge in [0, 0.05) is 0 Å². The van der Waals surface area contributed by atoms with E-state index in [-0.39, 0.29) is 0 Å². The highest BCUT2D eigenvalue weighted by Crippen LogP contribution is 2.02. The SMILES string of the molecule is C=CCC=CC=CC=CCCCCCC. The van der Waals surface area contributed by atoms with Crippen LogP contribution < -0.4 is 0 Å². The number of unbranched alkanes of at least 4 members (excludes halogenated alkanes) is 4. The van der Waals surface area contributed by atoms with E-state index in [4.69, 9.17) is 0 Å². The Hall–Kier alpha value is -1.04. The van der Waals surface area contributed by atoms with E-state index >= 15 is 0 Å². The lowest BCUT2D eigenvalue weighted by molar-refractivity contribution is 0.674. The quantitative estimate of drug-likeness (QED) is 0.275. The van der Waals surface area contributed by atoms with Crippen LogP contribution in [0.1, 0.15) is 45.4 Å². The van der Waals surface area contributed by atoms with Crippen molar-refractivity contribution in [3.05, 3.63) is 49.1 Å². The molecule has 0 amide bonds. The zero-order valence-corrected chi connectivity index (χ0v) is 9.99. The zero-order chi connectivity index (χ0) is 11.2. The summed E-state index contributed by atoms with van der Waals surface area (Å²) in [6.45, 7) is 5.90. The Morgan fingerprint density at radius 3 is 2.27 bits per heavy atom. The van der Waals surface area contributed by atoms with Crippen molar-refractivity contribution in [2.75, 3.05) is 0 Å². The zero-order valence-electron chi connectivity index (χ0n) is 9.99. The number of hydrogen-bond donors (Lipinski definition) is 0. The van der Waals surface area contributed by atoms with E-state index in [1.165, 1.54) is 32.1 Å². The molecule has 0 aromatic carbocycles. The molecule has 0 N–H and O–H groups in total. The van der Waals surface area contributed by atoms with Gasteiger partial charge in [-0.3, -0.25) is 0 Å². The van der Waals surface area contributed by atoms with Crippen molar-refractivity contribution in [3.63, 3.8) is 0 Å². The van der Waals surface area contributed by atoms with Gasteiger partial charge in [0.2, 0.25) is 0 Å². The molecular weight excluding hydrogens is 180 g/mol. The third-order valence-electron chi connectivity index (χ3n) is 2.13. The van der Waals surface area contributed by atoms with Gasteiger partial charge in [-0.05, 0) is 19.3 Å². The Labute approximate surface area is 95.1 Å². The van der Waals surface area contributed by atoms with Crippen molar-refractivity contribution in [2.45, 2.75) is 45.4 Å². The molecule has 0 heterocycles. The van der Waals surface area contributed by atoms with Gasteiger partial charge in [0.05, 0.1) is 0 Å². The summed E-state index contributed by atoms with van der Waals surface area (Å²) in [6.07, 6.45) is 22.1. The van der Waals surface area contributed by atoms with Gasteiger partial charge in [-0.2, -0.15) is 0 Å². The monoisotopic (exact) mass is 204 g/mol. The average Bonchev–Trinajstić information content (AvgIpc) is 2.26. The minimum atomic E-state index is 0.949. The molecular formula is C15H24. The molecule has 0 fully saturated rings. The van der Waals surface area contributed by atoms with Crippen LogP contribution in [0.3, 0.4) is 0 Å². The first-order chi connectivity index (χ1) is 7.41. The van der Waals surface area contributed by atoms with E-state index in [9.17, 15) is 0 Å². The van der Waals surface area contributed by atoms with Crippen LogP contribution >= 0.6 is 0 Å². The fourth-order valence-corrected chi connectivity index (χ4v) is 1.25. The lowest BCUT2D eigenvalue weighted by atomic mass is 10.1. The average molecular weight is 204 g/mol. The van der Waals surface area contributed by atoms with Gasteiger partial charge < -0.3 is 0 Å². The maximum atomic E-state index is 3.65. The van der Waals surface area contributed by atoms with Gasteiger partial charge >= 0.3 is 0 Å². The van der Waals surface area contributed by atoms with Gasteiger partial charge in [0.1, 0.15) is 0 Å². The van der Waals surface area contributed by atoms with Crippen LogP contribution in [0.15, 0.2) is 49.1 Å². The Morgan fingerprint density at radius 2 is 1.60 bits per heavy atom. The second-order valence-corrected chi connectivity index (χ2v) is 3.61. The third kappa shape index (κ3) is 13.0. The fourth-order valence-electron chi connectivity index (χ4n) is 1.25. The Kier molecular flexibility index (Phi) is 12.1. The molecule has 0 aliphatic heterocycles. The minimum absolute atomic E-state index is 0.949. The van der Waals surface area contributed by atoms with E-state index in [1.54, 1.807) is 0 Å². The van der Waals surface area contributed by atoms with Crippen LogP contribution in [0.25, 0.3) is 0 Å². The summed E-state index contributed by atoms with van der Waals surface area (Å²) in [4.78, 5) is 0. The van der Waals surface area contributed by atoms with Crippen molar-refractivity contribution in [2.24, 2.45) is 0 Å².